The first kappa shape index (κ1) is 26.6. The van der Waals surface area contributed by atoms with Crippen molar-refractivity contribution in [1.82, 2.24) is 23.8 Å². The number of nitrogens with zero attached hydrogens (tertiary/aromatic N) is 7. The minimum atomic E-state index is -0.719. The van der Waals surface area contributed by atoms with Crippen LogP contribution in [0.15, 0.2) is 60.0 Å². The maximum atomic E-state index is 12.8. The smallest absolute Gasteiger partial charge is 0.251 e. The highest BCUT2D eigenvalue weighted by Gasteiger charge is 2.25. The Balaban J connectivity index is 1.64. The molecule has 11 heteroatoms. The SMILES string of the molecule is CCn1cc(/C(C=O)=C(/C(N)=O)c2cnc3ccccn23)c2cccc(CN(C)C(=NC#N)N3CCOCC3)c21. The number of aromatic nitrogens is 3. The number of pyridine rings is 1. The fourth-order valence-corrected chi connectivity index (χ4v) is 5.33. The van der Waals surface area contributed by atoms with Crippen molar-refractivity contribution in [2.75, 3.05) is 33.4 Å². The Morgan fingerprint density at radius 3 is 2.75 bits per heavy atom. The van der Waals surface area contributed by atoms with Crippen LogP contribution in [0.4, 0.5) is 0 Å². The molecule has 1 fully saturated rings. The zero-order chi connectivity index (χ0) is 28.2. The topological polar surface area (TPSA) is 134 Å². The number of benzene rings is 1. The number of nitriles is 1. The van der Waals surface area contributed by atoms with Gasteiger partial charge in [0.2, 0.25) is 12.2 Å². The van der Waals surface area contributed by atoms with E-state index in [1.54, 1.807) is 16.8 Å². The number of allylic oxidation sites excluding steroid dienone is 1. The number of primary amides is 1. The Hall–Kier alpha value is -4.95. The number of morpholine rings is 1. The highest BCUT2D eigenvalue weighted by Crippen LogP contribution is 2.34. The number of aliphatic imine (C=N–C) groups is 1. The molecule has 0 unspecified atom stereocenters. The van der Waals surface area contributed by atoms with Gasteiger partial charge in [0, 0.05) is 62.1 Å². The van der Waals surface area contributed by atoms with E-state index in [9.17, 15) is 14.9 Å². The molecule has 0 aliphatic carbocycles. The second-order valence-electron chi connectivity index (χ2n) is 9.45. The molecule has 5 rings (SSSR count). The second-order valence-corrected chi connectivity index (χ2v) is 9.45. The lowest BCUT2D eigenvalue weighted by molar-refractivity contribution is -0.113. The van der Waals surface area contributed by atoms with Gasteiger partial charge in [0.15, 0.2) is 6.29 Å². The maximum absolute atomic E-state index is 12.8. The summed E-state index contributed by atoms with van der Waals surface area (Å²) in [5.41, 5.74) is 9.77. The average Bonchev–Trinajstić information content (AvgIpc) is 3.57. The van der Waals surface area contributed by atoms with Crippen molar-refractivity contribution in [1.29, 1.82) is 5.26 Å². The molecule has 0 bridgehead atoms. The van der Waals surface area contributed by atoms with E-state index in [4.69, 9.17) is 10.5 Å². The summed E-state index contributed by atoms with van der Waals surface area (Å²) in [4.78, 5) is 37.9. The molecule has 4 aromatic rings. The van der Waals surface area contributed by atoms with E-state index in [2.05, 4.69) is 14.5 Å². The minimum absolute atomic E-state index is 0.0992. The summed E-state index contributed by atoms with van der Waals surface area (Å²) < 4.78 is 9.26. The van der Waals surface area contributed by atoms with Crippen molar-refractivity contribution < 1.29 is 14.3 Å². The summed E-state index contributed by atoms with van der Waals surface area (Å²) in [6.07, 6.45) is 7.84. The highest BCUT2D eigenvalue weighted by atomic mass is 16.5. The largest absolute Gasteiger partial charge is 0.378 e. The normalized spacial score (nSPS) is 14.7. The number of guanidine groups is 1. The van der Waals surface area contributed by atoms with E-state index in [0.29, 0.717) is 68.5 Å². The number of aryl methyl sites for hydroxylation is 1. The number of ether oxygens (including phenoxy) is 1. The van der Waals surface area contributed by atoms with Gasteiger partial charge in [0.25, 0.3) is 5.91 Å². The number of para-hydroxylation sites is 1. The minimum Gasteiger partial charge on any atom is -0.378 e. The Morgan fingerprint density at radius 2 is 2.05 bits per heavy atom. The van der Waals surface area contributed by atoms with Gasteiger partial charge in [-0.15, -0.1) is 4.99 Å². The van der Waals surface area contributed by atoms with Gasteiger partial charge in [0.05, 0.1) is 36.2 Å². The molecule has 0 spiro atoms. The predicted octanol–water partition coefficient (Wildman–Crippen LogP) is 2.50. The molecule has 0 radical (unpaired) electrons. The molecule has 0 atom stereocenters. The van der Waals surface area contributed by atoms with E-state index in [0.717, 1.165) is 16.5 Å². The number of nitrogens with two attached hydrogens (primary N) is 1. The van der Waals surface area contributed by atoms with Crippen LogP contribution in [0.25, 0.3) is 27.7 Å². The summed E-state index contributed by atoms with van der Waals surface area (Å²) >= 11 is 0. The molecule has 1 aromatic carbocycles. The zero-order valence-corrected chi connectivity index (χ0v) is 22.4. The molecular formula is C29H30N8O3. The number of hydrogen-bond acceptors (Lipinski definition) is 6. The Labute approximate surface area is 231 Å². The number of imidazole rings is 1. The van der Waals surface area contributed by atoms with Gasteiger partial charge in [-0.3, -0.25) is 14.0 Å². The van der Waals surface area contributed by atoms with Crippen molar-refractivity contribution in [3.63, 3.8) is 0 Å². The third-order valence-corrected chi connectivity index (χ3v) is 7.11. The van der Waals surface area contributed by atoms with Gasteiger partial charge < -0.3 is 24.8 Å². The molecule has 4 heterocycles. The second kappa shape index (κ2) is 11.4. The number of rotatable bonds is 7. The Kier molecular flexibility index (Phi) is 7.61. The summed E-state index contributed by atoms with van der Waals surface area (Å²) in [7, 11) is 1.90. The van der Waals surface area contributed by atoms with Crippen LogP contribution in [0, 0.1) is 11.5 Å². The van der Waals surface area contributed by atoms with Crippen molar-refractivity contribution in [2.45, 2.75) is 20.0 Å². The van der Waals surface area contributed by atoms with Gasteiger partial charge in [-0.1, -0.05) is 24.3 Å². The van der Waals surface area contributed by atoms with Crippen LogP contribution in [0.1, 0.15) is 23.7 Å². The number of carbonyl (C=O) groups excluding carboxylic acids is 2. The van der Waals surface area contributed by atoms with Gasteiger partial charge in [-0.2, -0.15) is 5.26 Å². The third-order valence-electron chi connectivity index (χ3n) is 7.11. The van der Waals surface area contributed by atoms with Crippen LogP contribution in [-0.4, -0.2) is 75.3 Å². The molecule has 1 aliphatic rings. The highest BCUT2D eigenvalue weighted by molar-refractivity contribution is 6.36. The quantitative estimate of drug-likeness (QED) is 0.126. The molecule has 0 saturated carbocycles. The number of amides is 1. The van der Waals surface area contributed by atoms with Gasteiger partial charge >= 0.3 is 0 Å². The van der Waals surface area contributed by atoms with E-state index in [1.165, 1.54) is 0 Å². The Bertz CT molecular complexity index is 1680. The lowest BCUT2D eigenvalue weighted by atomic mass is 9.97. The van der Waals surface area contributed by atoms with Crippen LogP contribution in [0.3, 0.4) is 0 Å². The van der Waals surface area contributed by atoms with E-state index < -0.39 is 5.91 Å². The Morgan fingerprint density at radius 1 is 1.25 bits per heavy atom. The molecular weight excluding hydrogens is 508 g/mol. The first-order chi connectivity index (χ1) is 19.5. The van der Waals surface area contributed by atoms with Gasteiger partial charge in [-0.25, -0.2) is 4.98 Å². The van der Waals surface area contributed by atoms with E-state index in [1.807, 2.05) is 72.6 Å². The number of hydrogen-bond donors (Lipinski definition) is 1. The molecule has 3 aromatic heterocycles. The van der Waals surface area contributed by atoms with E-state index in [-0.39, 0.29) is 11.1 Å². The monoisotopic (exact) mass is 538 g/mol. The predicted molar refractivity (Wildman–Crippen MR) is 152 cm³/mol. The van der Waals surface area contributed by atoms with Crippen LogP contribution in [0.2, 0.25) is 0 Å². The molecule has 2 N–H and O–H groups in total. The zero-order valence-electron chi connectivity index (χ0n) is 22.4. The van der Waals surface area contributed by atoms with Crippen LogP contribution >= 0.6 is 0 Å². The van der Waals surface area contributed by atoms with Crippen LogP contribution in [0.5, 0.6) is 0 Å². The molecule has 11 nitrogen and oxygen atoms in total. The van der Waals surface area contributed by atoms with Crippen molar-refractivity contribution in [3.05, 3.63) is 71.8 Å². The first-order valence-corrected chi connectivity index (χ1v) is 13.0. The van der Waals surface area contributed by atoms with Crippen molar-refractivity contribution in [3.8, 4) is 6.19 Å². The molecule has 40 heavy (non-hydrogen) atoms. The number of aldehydes is 1. The summed E-state index contributed by atoms with van der Waals surface area (Å²) in [6.45, 7) is 5.57. The first-order valence-electron chi connectivity index (χ1n) is 13.0. The molecule has 1 amide bonds. The summed E-state index contributed by atoms with van der Waals surface area (Å²) in [5.74, 6) is -0.140. The average molecular weight is 539 g/mol. The van der Waals surface area contributed by atoms with Crippen molar-refractivity contribution in [2.24, 2.45) is 10.7 Å². The standard InChI is InChI=1S/C29H30N8O3/c1-3-35-17-22(23(18-38)26(28(31)39)24-15-32-25-9-4-5-10-37(24)25)21-8-6-7-20(27(21)35)16-34(2)29(33-19-30)36-11-13-40-14-12-36/h4-10,15,17-18H,3,11-14,16H2,1-2H3,(H2,31,39)/b26-23+,33-29?. The van der Waals surface area contributed by atoms with Crippen LogP contribution < -0.4 is 5.73 Å². The van der Waals surface area contributed by atoms with Crippen LogP contribution in [-0.2, 0) is 27.4 Å². The third kappa shape index (κ3) is 4.81. The fourth-order valence-electron chi connectivity index (χ4n) is 5.33. The summed E-state index contributed by atoms with van der Waals surface area (Å²) in [6, 6.07) is 11.4. The van der Waals surface area contributed by atoms with Gasteiger partial charge in [0.1, 0.15) is 5.65 Å². The van der Waals surface area contributed by atoms with Gasteiger partial charge in [-0.05, 0) is 24.6 Å². The lowest BCUT2D eigenvalue weighted by Crippen LogP contribution is -2.47. The van der Waals surface area contributed by atoms with Crippen molar-refractivity contribution >= 4 is 45.8 Å². The molecule has 1 aliphatic heterocycles. The number of carbonyl (C=O) groups is 2. The summed E-state index contributed by atoms with van der Waals surface area (Å²) in [5, 5.41) is 10.2. The maximum Gasteiger partial charge on any atom is 0.251 e. The van der Waals surface area contributed by atoms with E-state index >= 15 is 0 Å². The fraction of sp³-hybridized carbons (Fsp3) is 0.276. The molecule has 1 saturated heterocycles. The molecule has 204 valence electrons. The lowest BCUT2D eigenvalue weighted by Gasteiger charge is -2.34. The number of fused-ring (bicyclic) bond motifs is 2.